The van der Waals surface area contributed by atoms with Crippen LogP contribution >= 0.6 is 0 Å². The van der Waals surface area contributed by atoms with Crippen LogP contribution in [-0.2, 0) is 13.1 Å². The molecule has 1 N–H and O–H groups in total. The molecule has 0 amide bonds. The Morgan fingerprint density at radius 1 is 1.21 bits per heavy atom. The topological polar surface area (TPSA) is 15.3 Å². The van der Waals surface area contributed by atoms with Crippen molar-refractivity contribution in [3.05, 3.63) is 35.4 Å². The number of nitrogens with zero attached hydrogens (tertiary/aromatic N) is 1. The number of rotatable bonds is 6. The Kier molecular flexibility index (Phi) is 5.82. The third-order valence-electron chi connectivity index (χ3n) is 2.87. The lowest BCUT2D eigenvalue weighted by atomic mass is 10.1. The molecule has 0 aromatic heterocycles. The molecule has 0 aliphatic rings. The second kappa shape index (κ2) is 6.91. The van der Waals surface area contributed by atoms with E-state index in [1.54, 1.807) is 13.8 Å². The molecule has 0 unspecified atom stereocenters. The average Bonchev–Trinajstić information content (AvgIpc) is 2.27. The molecule has 1 rings (SSSR count). The predicted molar refractivity (Wildman–Crippen MR) is 70.8 cm³/mol. The molecule has 0 saturated carbocycles. The molecule has 5 heteroatoms. The highest BCUT2D eigenvalue weighted by molar-refractivity contribution is 5.23. The summed E-state index contributed by atoms with van der Waals surface area (Å²) in [5, 5.41) is 3.03. The minimum Gasteiger partial charge on any atom is -0.316 e. The molecule has 1 aromatic carbocycles. The third kappa shape index (κ3) is 6.07. The van der Waals surface area contributed by atoms with Crippen LogP contribution in [0.2, 0.25) is 0 Å². The van der Waals surface area contributed by atoms with Gasteiger partial charge in [0.15, 0.2) is 0 Å². The van der Waals surface area contributed by atoms with Crippen LogP contribution in [0.25, 0.3) is 0 Å². The van der Waals surface area contributed by atoms with Crippen LogP contribution in [-0.4, -0.2) is 30.7 Å². The normalized spacial score (nSPS) is 12.4. The molecule has 108 valence electrons. The minimum atomic E-state index is -4.16. The third-order valence-corrected chi connectivity index (χ3v) is 2.87. The molecule has 0 bridgehead atoms. The Labute approximate surface area is 112 Å². The molecule has 0 fully saturated rings. The first-order valence-corrected chi connectivity index (χ1v) is 6.35. The van der Waals surface area contributed by atoms with E-state index in [4.69, 9.17) is 0 Å². The van der Waals surface area contributed by atoms with Gasteiger partial charge in [-0.2, -0.15) is 13.2 Å². The van der Waals surface area contributed by atoms with Crippen molar-refractivity contribution in [2.75, 3.05) is 13.6 Å². The Balaban J connectivity index is 2.76. The summed E-state index contributed by atoms with van der Waals surface area (Å²) in [5.74, 6) is 0. The van der Waals surface area contributed by atoms with E-state index in [0.717, 1.165) is 17.7 Å². The molecule has 0 radical (unpaired) electrons. The summed E-state index contributed by atoms with van der Waals surface area (Å²) in [7, 11) is 1.84. The fourth-order valence-corrected chi connectivity index (χ4v) is 1.93. The Hall–Kier alpha value is -1.07. The van der Waals surface area contributed by atoms with Gasteiger partial charge < -0.3 is 5.32 Å². The zero-order chi connectivity index (χ0) is 14.5. The minimum absolute atomic E-state index is 0.144. The van der Waals surface area contributed by atoms with Crippen molar-refractivity contribution in [2.45, 2.75) is 39.2 Å². The van der Waals surface area contributed by atoms with Crippen molar-refractivity contribution in [3.63, 3.8) is 0 Å². The van der Waals surface area contributed by atoms with Crippen LogP contribution < -0.4 is 5.32 Å². The summed E-state index contributed by atoms with van der Waals surface area (Å²) in [4.78, 5) is 1.43. The van der Waals surface area contributed by atoms with E-state index < -0.39 is 12.7 Å². The van der Waals surface area contributed by atoms with Crippen LogP contribution in [0.15, 0.2) is 24.3 Å². The number of nitrogens with one attached hydrogen (secondary N) is 1. The van der Waals surface area contributed by atoms with E-state index in [9.17, 15) is 13.2 Å². The van der Waals surface area contributed by atoms with Crippen molar-refractivity contribution < 1.29 is 13.2 Å². The summed E-state index contributed by atoms with van der Waals surface area (Å²) in [6, 6.07) is 7.51. The summed E-state index contributed by atoms with van der Waals surface area (Å²) < 4.78 is 37.6. The zero-order valence-corrected chi connectivity index (χ0v) is 11.6. The number of hydrogen-bond donors (Lipinski definition) is 1. The van der Waals surface area contributed by atoms with Gasteiger partial charge in [-0.3, -0.25) is 4.90 Å². The molecule has 1 aromatic rings. The van der Waals surface area contributed by atoms with Gasteiger partial charge >= 0.3 is 6.18 Å². The zero-order valence-electron chi connectivity index (χ0n) is 11.6. The van der Waals surface area contributed by atoms with Gasteiger partial charge in [0, 0.05) is 19.1 Å². The van der Waals surface area contributed by atoms with Crippen LogP contribution in [0.4, 0.5) is 13.2 Å². The van der Waals surface area contributed by atoms with Gasteiger partial charge in [0.2, 0.25) is 0 Å². The first kappa shape index (κ1) is 16.0. The maximum atomic E-state index is 12.5. The van der Waals surface area contributed by atoms with E-state index in [0.29, 0.717) is 6.54 Å². The molecule has 2 nitrogen and oxygen atoms in total. The molecule has 19 heavy (non-hydrogen) atoms. The van der Waals surface area contributed by atoms with Crippen LogP contribution in [0, 0.1) is 0 Å². The quantitative estimate of drug-likeness (QED) is 0.857. The van der Waals surface area contributed by atoms with Gasteiger partial charge in [0.25, 0.3) is 0 Å². The summed E-state index contributed by atoms with van der Waals surface area (Å²) in [5.41, 5.74) is 1.99. The van der Waals surface area contributed by atoms with E-state index in [1.807, 2.05) is 31.3 Å². The second-order valence-corrected chi connectivity index (χ2v) is 4.96. The van der Waals surface area contributed by atoms with Gasteiger partial charge in [0.05, 0.1) is 6.54 Å². The van der Waals surface area contributed by atoms with Crippen LogP contribution in [0.3, 0.4) is 0 Å². The summed E-state index contributed by atoms with van der Waals surface area (Å²) >= 11 is 0. The first-order chi connectivity index (χ1) is 8.81. The molecule has 0 atom stereocenters. The van der Waals surface area contributed by atoms with Gasteiger partial charge in [-0.15, -0.1) is 0 Å². The SMILES string of the molecule is CNCc1cccc(CN(CC(F)(F)F)C(C)C)c1. The molecule has 0 aliphatic carbocycles. The lowest BCUT2D eigenvalue weighted by Crippen LogP contribution is -2.38. The van der Waals surface area contributed by atoms with E-state index in [1.165, 1.54) is 4.90 Å². The van der Waals surface area contributed by atoms with Gasteiger partial charge in [0.1, 0.15) is 0 Å². The lowest BCUT2D eigenvalue weighted by Gasteiger charge is -2.27. The Morgan fingerprint density at radius 2 is 1.84 bits per heavy atom. The fourth-order valence-electron chi connectivity index (χ4n) is 1.93. The van der Waals surface area contributed by atoms with Crippen molar-refractivity contribution in [1.82, 2.24) is 10.2 Å². The molecule has 0 heterocycles. The Bertz CT molecular complexity index is 389. The van der Waals surface area contributed by atoms with Crippen molar-refractivity contribution >= 4 is 0 Å². The number of halogens is 3. The predicted octanol–water partition coefficient (Wildman–Crippen LogP) is 3.18. The maximum Gasteiger partial charge on any atom is 0.401 e. The van der Waals surface area contributed by atoms with E-state index >= 15 is 0 Å². The highest BCUT2D eigenvalue weighted by Crippen LogP contribution is 2.20. The summed E-state index contributed by atoms with van der Waals surface area (Å²) in [6.45, 7) is 3.72. The average molecular weight is 274 g/mol. The fraction of sp³-hybridized carbons (Fsp3) is 0.571. The van der Waals surface area contributed by atoms with Crippen molar-refractivity contribution in [2.24, 2.45) is 0 Å². The molecular weight excluding hydrogens is 253 g/mol. The van der Waals surface area contributed by atoms with Gasteiger partial charge in [-0.1, -0.05) is 24.3 Å². The maximum absolute atomic E-state index is 12.5. The lowest BCUT2D eigenvalue weighted by molar-refractivity contribution is -0.150. The van der Waals surface area contributed by atoms with Crippen molar-refractivity contribution in [1.29, 1.82) is 0 Å². The molecular formula is C14H21F3N2. The highest BCUT2D eigenvalue weighted by Gasteiger charge is 2.31. The number of hydrogen-bond acceptors (Lipinski definition) is 2. The van der Waals surface area contributed by atoms with Crippen LogP contribution in [0.5, 0.6) is 0 Å². The summed E-state index contributed by atoms with van der Waals surface area (Å²) in [6.07, 6.45) is -4.16. The second-order valence-electron chi connectivity index (χ2n) is 4.96. The molecule has 0 spiro atoms. The van der Waals surface area contributed by atoms with Gasteiger partial charge in [-0.25, -0.2) is 0 Å². The number of benzene rings is 1. The molecule has 0 aliphatic heterocycles. The van der Waals surface area contributed by atoms with E-state index in [2.05, 4.69) is 5.32 Å². The van der Waals surface area contributed by atoms with E-state index in [-0.39, 0.29) is 6.04 Å². The standard InChI is InChI=1S/C14H21F3N2/c1-11(2)19(10-14(15,16)17)9-13-6-4-5-12(7-13)8-18-3/h4-7,11,18H,8-10H2,1-3H3. The van der Waals surface area contributed by atoms with Crippen molar-refractivity contribution in [3.8, 4) is 0 Å². The monoisotopic (exact) mass is 274 g/mol. The molecule has 0 saturated heterocycles. The highest BCUT2D eigenvalue weighted by atomic mass is 19.4. The smallest absolute Gasteiger partial charge is 0.316 e. The van der Waals surface area contributed by atoms with Crippen LogP contribution in [0.1, 0.15) is 25.0 Å². The number of alkyl halides is 3. The first-order valence-electron chi connectivity index (χ1n) is 6.35. The Morgan fingerprint density at radius 3 is 2.37 bits per heavy atom. The van der Waals surface area contributed by atoms with Gasteiger partial charge in [-0.05, 0) is 32.0 Å². The largest absolute Gasteiger partial charge is 0.401 e.